The second-order valence-electron chi connectivity index (χ2n) is 9.15. The van der Waals surface area contributed by atoms with Gasteiger partial charge in [0.1, 0.15) is 36.6 Å². The van der Waals surface area contributed by atoms with E-state index in [4.69, 9.17) is 14.2 Å². The number of rotatable bonds is 19. The molecule has 0 spiro atoms. The molecule has 0 unspecified atom stereocenters. The van der Waals surface area contributed by atoms with Gasteiger partial charge in [0.15, 0.2) is 24.8 Å². The summed E-state index contributed by atoms with van der Waals surface area (Å²) in [5, 5.41) is 0. The number of hydrogen-bond donors (Lipinski definition) is 0. The first kappa shape index (κ1) is 76.4. The smallest absolute Gasteiger partial charge is 0.726 e. The van der Waals surface area contributed by atoms with Gasteiger partial charge in [0.25, 0.3) is 0 Å². The summed E-state index contributed by atoms with van der Waals surface area (Å²) in [5.41, 5.74) is 0. The third kappa shape index (κ3) is 31.0. The Morgan fingerprint density at radius 1 is 0.373 bits per heavy atom. The van der Waals surface area contributed by atoms with Crippen LogP contribution in [0, 0.1) is 0 Å². The minimum atomic E-state index is -6.41. The molecule has 46 heteroatoms. The van der Waals surface area contributed by atoms with E-state index in [1.54, 1.807) is 0 Å². The van der Waals surface area contributed by atoms with E-state index >= 15 is 0 Å². The van der Waals surface area contributed by atoms with Gasteiger partial charge in [-0.3, -0.25) is 29.3 Å². The monoisotopic (exact) mass is 1070 g/mol. The van der Waals surface area contributed by atoms with Crippen LogP contribution in [0.2, 0.25) is 0 Å². The fraction of sp³-hybridized carbons (Fsp3) is 1.00. The molecule has 2 heterocycles. The molecule has 0 amide bonds. The van der Waals surface area contributed by atoms with Crippen molar-refractivity contribution >= 4 is 72.8 Å². The van der Waals surface area contributed by atoms with Crippen molar-refractivity contribution in [2.75, 3.05) is 20.3 Å². The summed E-state index contributed by atoms with van der Waals surface area (Å²) in [6.45, 7) is -3.77. The molecule has 0 radical (unpaired) electrons. The largest absolute Gasteiger partial charge is 1.00 e. The third-order valence-corrected chi connectivity index (χ3v) is 8.74. The summed E-state index contributed by atoms with van der Waals surface area (Å²) in [4.78, 5) is 0. The second-order valence-corrected chi connectivity index (χ2v) is 16.3. The molecular weight excluding hydrogens is 1050 g/mol. The van der Waals surface area contributed by atoms with Gasteiger partial charge in [-0.15, -0.1) is 0 Å². The van der Waals surface area contributed by atoms with Crippen LogP contribution in [0.1, 0.15) is 0 Å². The van der Waals surface area contributed by atoms with Crippen LogP contribution < -0.4 is 207 Å². The Balaban J connectivity index is -0.00000100. The van der Waals surface area contributed by atoms with Gasteiger partial charge >= 0.3 is 207 Å². The quantitative estimate of drug-likeness (QED) is 0.0658. The molecular formula is C13H17Na7O32S7. The molecule has 0 aromatic heterocycles. The minimum Gasteiger partial charge on any atom is -0.726 e. The minimum absolute atomic E-state index is 0. The van der Waals surface area contributed by atoms with Crippen molar-refractivity contribution in [1.29, 1.82) is 0 Å². The Labute approximate surface area is 491 Å². The van der Waals surface area contributed by atoms with Crippen LogP contribution >= 0.6 is 0 Å². The molecule has 32 nitrogen and oxygen atoms in total. The Morgan fingerprint density at radius 2 is 0.627 bits per heavy atom. The second kappa shape index (κ2) is 30.6. The fourth-order valence-electron chi connectivity index (χ4n) is 4.17. The van der Waals surface area contributed by atoms with Crippen LogP contribution in [0.5, 0.6) is 0 Å². The normalized spacial score (nSPS) is 27.9. The summed E-state index contributed by atoms with van der Waals surface area (Å²) in [5.74, 6) is 0. The molecule has 59 heavy (non-hydrogen) atoms. The van der Waals surface area contributed by atoms with Gasteiger partial charge in [-0.25, -0.2) is 58.9 Å². The van der Waals surface area contributed by atoms with Gasteiger partial charge in [0, 0.05) is 7.11 Å². The topological polar surface area (TPSA) is 502 Å². The Bertz CT molecular complexity index is 2050. The summed E-state index contributed by atoms with van der Waals surface area (Å²) in [6, 6.07) is 0. The fourth-order valence-corrected chi connectivity index (χ4v) is 7.20. The maximum absolute atomic E-state index is 11.7. The molecule has 0 aromatic carbocycles. The van der Waals surface area contributed by atoms with E-state index < -0.39 is 147 Å². The molecule has 2 aliphatic heterocycles. The SMILES string of the molecule is CO[C@@H]1O[C@H](COS(=O)(=O)[O-])[C@@H](O[C@@H]2O[C@H](COS(=O)(=O)[O-])[C@H](OS(=O)(=O)[O-])[C@H](OS(=O)(=O)[O-])[C@H]2OS(=O)(=O)[O-])[C@H](OS(=O)(=O)[O-])[C@H]1OS(=O)(=O)[O-].[Na+].[Na+].[Na+].[Na+].[Na+].[Na+].[Na+]. The Morgan fingerprint density at radius 3 is 0.932 bits per heavy atom. The third-order valence-electron chi connectivity index (χ3n) is 5.60. The first-order chi connectivity index (χ1) is 23.1. The summed E-state index contributed by atoms with van der Waals surface area (Å²) >= 11 is 0. The number of ether oxygens (including phenoxy) is 4. The van der Waals surface area contributed by atoms with E-state index in [1.807, 2.05) is 0 Å². The molecule has 0 bridgehead atoms. The van der Waals surface area contributed by atoms with Crippen molar-refractivity contribution in [2.45, 2.75) is 61.4 Å². The first-order valence-corrected chi connectivity index (χ1v) is 21.3. The zero-order valence-corrected chi connectivity index (χ0v) is 50.8. The van der Waals surface area contributed by atoms with Crippen LogP contribution in [0.15, 0.2) is 0 Å². The molecule has 0 N–H and O–H groups in total. The standard InChI is InChI=1S/C13H24O32S7.7Na/c1-35-12-10(44-51(29,30)31)8(42-49(23,24)25)6(4(38-12)2-36-46(14,15)16)40-13-11(45-52(32,33)34)9(43-50(26,27)28)7(41-48(20,21)22)5(39-13)3-37-47(17,18)19;;;;;;;/h4-13H,2-3H2,1H3,(H,14,15,16)(H,17,18,19)(H,20,21,22)(H,23,24,25)(H,26,27,28)(H,29,30,31)(H,32,33,34);;;;;;;/q;7*+1/p-7/t4-,5-,6-,7+,8+,9+,10-,11-,12-,13+;;;;;;;/m1......./s1. The van der Waals surface area contributed by atoms with E-state index in [2.05, 4.69) is 34.0 Å². The van der Waals surface area contributed by atoms with E-state index in [0.29, 0.717) is 7.11 Å². The summed E-state index contributed by atoms with van der Waals surface area (Å²) in [7, 11) is -42.7. The predicted octanol–water partition coefficient (Wildman–Crippen LogP) is -29.3. The van der Waals surface area contributed by atoms with Crippen molar-refractivity contribution in [3.63, 3.8) is 0 Å². The van der Waals surface area contributed by atoms with Crippen molar-refractivity contribution < 1.29 is 346 Å². The molecule has 2 fully saturated rings. The van der Waals surface area contributed by atoms with Crippen molar-refractivity contribution in [3.8, 4) is 0 Å². The van der Waals surface area contributed by atoms with E-state index in [-0.39, 0.29) is 207 Å². The maximum atomic E-state index is 11.7. The van der Waals surface area contributed by atoms with Crippen molar-refractivity contribution in [1.82, 2.24) is 0 Å². The van der Waals surface area contributed by atoms with Crippen LogP contribution in [-0.2, 0) is 121 Å². The molecule has 2 aliphatic rings. The van der Waals surface area contributed by atoms with E-state index in [0.717, 1.165) is 0 Å². The van der Waals surface area contributed by atoms with Gasteiger partial charge in [-0.2, -0.15) is 0 Å². The van der Waals surface area contributed by atoms with Crippen LogP contribution in [0.25, 0.3) is 0 Å². The van der Waals surface area contributed by atoms with Gasteiger partial charge < -0.3 is 50.8 Å². The molecule has 0 saturated carbocycles. The zero-order valence-electron chi connectivity index (χ0n) is 31.1. The van der Waals surface area contributed by atoms with Crippen molar-refractivity contribution in [2.24, 2.45) is 0 Å². The van der Waals surface area contributed by atoms with E-state index in [1.165, 1.54) is 0 Å². The van der Waals surface area contributed by atoms with E-state index in [9.17, 15) is 90.8 Å². The van der Waals surface area contributed by atoms with Crippen molar-refractivity contribution in [3.05, 3.63) is 0 Å². The summed E-state index contributed by atoms with van der Waals surface area (Å²) < 4.78 is 287. The summed E-state index contributed by atoms with van der Waals surface area (Å²) in [6.07, 6.45) is -30.5. The molecule has 10 atom stereocenters. The molecule has 0 aliphatic carbocycles. The maximum Gasteiger partial charge on any atom is 1.00 e. The van der Waals surface area contributed by atoms with Gasteiger partial charge in [-0.05, 0) is 0 Å². The molecule has 310 valence electrons. The molecule has 2 saturated heterocycles. The van der Waals surface area contributed by atoms with Gasteiger partial charge in [0.2, 0.25) is 72.8 Å². The zero-order chi connectivity index (χ0) is 40.5. The van der Waals surface area contributed by atoms with Crippen LogP contribution in [0.3, 0.4) is 0 Å². The van der Waals surface area contributed by atoms with Gasteiger partial charge in [-0.1, -0.05) is 0 Å². The average Bonchev–Trinajstić information content (AvgIpc) is 2.87. The van der Waals surface area contributed by atoms with Crippen LogP contribution in [-0.4, -0.2) is 173 Å². The number of hydrogen-bond acceptors (Lipinski definition) is 32. The number of methoxy groups -OCH3 is 1. The van der Waals surface area contributed by atoms with Gasteiger partial charge in [0.05, 0.1) is 13.2 Å². The predicted molar refractivity (Wildman–Crippen MR) is 133 cm³/mol. The first-order valence-electron chi connectivity index (χ1n) is 12.0. The Kier molecular flexibility index (Phi) is 39.7. The molecule has 0 aromatic rings. The van der Waals surface area contributed by atoms with Crippen LogP contribution in [0.4, 0.5) is 0 Å². The molecule has 2 rings (SSSR count). The average molecular weight is 1070 g/mol. The Hall–Kier alpha value is 5.93.